The van der Waals surface area contributed by atoms with Gasteiger partial charge in [-0.05, 0) is 25.8 Å². The molecule has 0 radical (unpaired) electrons. The Morgan fingerprint density at radius 3 is 2.65 bits per heavy atom. The predicted molar refractivity (Wildman–Crippen MR) is 66.8 cm³/mol. The highest BCUT2D eigenvalue weighted by molar-refractivity contribution is 5.71. The van der Waals surface area contributed by atoms with Crippen LogP contribution in [0.2, 0.25) is 0 Å². The van der Waals surface area contributed by atoms with Crippen LogP contribution >= 0.6 is 0 Å². The average Bonchev–Trinajstić information content (AvgIpc) is 2.71. The number of carbonyl (C=O) groups is 1. The second-order valence-electron chi connectivity index (χ2n) is 4.17. The first kappa shape index (κ1) is 13.7. The number of carbonyl (C=O) groups excluding carboxylic acids is 1. The van der Waals surface area contributed by atoms with E-state index in [4.69, 9.17) is 4.74 Å². The third kappa shape index (κ3) is 3.58. The van der Waals surface area contributed by atoms with Crippen LogP contribution in [-0.4, -0.2) is 22.4 Å². The van der Waals surface area contributed by atoms with E-state index in [9.17, 15) is 4.79 Å². The first-order chi connectivity index (χ1) is 8.12. The molecule has 0 aliphatic rings. The van der Waals surface area contributed by atoms with E-state index in [0.717, 1.165) is 18.5 Å². The highest BCUT2D eigenvalue weighted by Crippen LogP contribution is 2.10. The van der Waals surface area contributed by atoms with Crippen LogP contribution in [0.5, 0.6) is 0 Å². The van der Waals surface area contributed by atoms with Crippen molar-refractivity contribution in [1.29, 1.82) is 0 Å². The lowest BCUT2D eigenvalue weighted by Crippen LogP contribution is -2.21. The van der Waals surface area contributed by atoms with Crippen molar-refractivity contribution in [3.63, 3.8) is 0 Å². The standard InChI is InChI=1S/C13H22N2O2/c1-5-11-8-12(6-2)15(14-11)9-10(4)13(16)17-7-3/h8,10H,5-7,9H2,1-4H3. The van der Waals surface area contributed by atoms with Crippen LogP contribution in [0.4, 0.5) is 0 Å². The Labute approximate surface area is 103 Å². The molecule has 0 aromatic carbocycles. The van der Waals surface area contributed by atoms with Gasteiger partial charge in [0.2, 0.25) is 0 Å². The zero-order valence-corrected chi connectivity index (χ0v) is 11.2. The van der Waals surface area contributed by atoms with Gasteiger partial charge in [-0.2, -0.15) is 5.10 Å². The number of rotatable bonds is 6. The fourth-order valence-corrected chi connectivity index (χ4v) is 1.75. The molecule has 0 fully saturated rings. The molecule has 0 bridgehead atoms. The first-order valence-corrected chi connectivity index (χ1v) is 6.34. The fourth-order valence-electron chi connectivity index (χ4n) is 1.75. The van der Waals surface area contributed by atoms with E-state index in [0.29, 0.717) is 13.2 Å². The van der Waals surface area contributed by atoms with Crippen LogP contribution < -0.4 is 0 Å². The molecule has 1 aromatic heterocycles. The Balaban J connectivity index is 2.72. The van der Waals surface area contributed by atoms with E-state index in [2.05, 4.69) is 25.0 Å². The summed E-state index contributed by atoms with van der Waals surface area (Å²) in [6.45, 7) is 8.92. The lowest BCUT2D eigenvalue weighted by atomic mass is 10.2. The summed E-state index contributed by atoms with van der Waals surface area (Å²) in [5, 5.41) is 4.49. The highest BCUT2D eigenvalue weighted by Gasteiger charge is 2.16. The fraction of sp³-hybridized carbons (Fsp3) is 0.692. The van der Waals surface area contributed by atoms with Crippen LogP contribution in [0, 0.1) is 5.92 Å². The van der Waals surface area contributed by atoms with Crippen molar-refractivity contribution in [2.45, 2.75) is 47.1 Å². The summed E-state index contributed by atoms with van der Waals surface area (Å²) in [5.74, 6) is -0.298. The summed E-state index contributed by atoms with van der Waals surface area (Å²) in [5.41, 5.74) is 2.26. The molecule has 1 heterocycles. The highest BCUT2D eigenvalue weighted by atomic mass is 16.5. The maximum Gasteiger partial charge on any atom is 0.310 e. The summed E-state index contributed by atoms with van der Waals surface area (Å²) in [7, 11) is 0. The molecule has 1 rings (SSSR count). The lowest BCUT2D eigenvalue weighted by molar-refractivity contribution is -0.147. The van der Waals surface area contributed by atoms with Crippen LogP contribution in [0.3, 0.4) is 0 Å². The normalized spacial score (nSPS) is 12.5. The quantitative estimate of drug-likeness (QED) is 0.714. The van der Waals surface area contributed by atoms with Crippen molar-refractivity contribution >= 4 is 5.97 Å². The number of hydrogen-bond acceptors (Lipinski definition) is 3. The number of nitrogens with zero attached hydrogens (tertiary/aromatic N) is 2. The molecule has 0 aliphatic heterocycles. The van der Waals surface area contributed by atoms with E-state index in [1.165, 1.54) is 5.69 Å². The second-order valence-corrected chi connectivity index (χ2v) is 4.17. The van der Waals surface area contributed by atoms with Crippen molar-refractivity contribution in [3.05, 3.63) is 17.5 Å². The van der Waals surface area contributed by atoms with E-state index < -0.39 is 0 Å². The van der Waals surface area contributed by atoms with Gasteiger partial charge in [0.25, 0.3) is 0 Å². The zero-order chi connectivity index (χ0) is 12.8. The van der Waals surface area contributed by atoms with Crippen molar-refractivity contribution in [2.75, 3.05) is 6.61 Å². The van der Waals surface area contributed by atoms with E-state index in [1.54, 1.807) is 0 Å². The zero-order valence-electron chi connectivity index (χ0n) is 11.2. The van der Waals surface area contributed by atoms with E-state index in [-0.39, 0.29) is 11.9 Å². The minimum Gasteiger partial charge on any atom is -0.466 e. The maximum atomic E-state index is 11.6. The molecule has 96 valence electrons. The molecule has 1 atom stereocenters. The predicted octanol–water partition coefficient (Wildman–Crippen LogP) is 2.21. The van der Waals surface area contributed by atoms with E-state index >= 15 is 0 Å². The van der Waals surface area contributed by atoms with Crippen LogP contribution in [-0.2, 0) is 28.9 Å². The second kappa shape index (κ2) is 6.42. The number of aryl methyl sites for hydroxylation is 2. The molecule has 0 N–H and O–H groups in total. The molecule has 0 spiro atoms. The van der Waals surface area contributed by atoms with Gasteiger partial charge >= 0.3 is 5.97 Å². The molecular formula is C13H22N2O2. The van der Waals surface area contributed by atoms with Crippen molar-refractivity contribution in [3.8, 4) is 0 Å². The van der Waals surface area contributed by atoms with Crippen LogP contribution in [0.15, 0.2) is 6.07 Å². The van der Waals surface area contributed by atoms with Crippen molar-refractivity contribution in [2.24, 2.45) is 5.92 Å². The summed E-state index contributed by atoms with van der Waals surface area (Å²) in [6.07, 6.45) is 1.86. The Hall–Kier alpha value is -1.32. The van der Waals surface area contributed by atoms with Crippen LogP contribution in [0.25, 0.3) is 0 Å². The molecular weight excluding hydrogens is 216 g/mol. The molecule has 0 saturated carbocycles. The van der Waals surface area contributed by atoms with Gasteiger partial charge in [-0.25, -0.2) is 0 Å². The van der Waals surface area contributed by atoms with Crippen molar-refractivity contribution in [1.82, 2.24) is 9.78 Å². The Morgan fingerprint density at radius 2 is 2.12 bits per heavy atom. The molecule has 1 unspecified atom stereocenters. The largest absolute Gasteiger partial charge is 0.466 e. The van der Waals surface area contributed by atoms with Crippen LogP contribution in [0.1, 0.15) is 39.1 Å². The molecule has 4 nitrogen and oxygen atoms in total. The monoisotopic (exact) mass is 238 g/mol. The summed E-state index contributed by atoms with van der Waals surface area (Å²) < 4.78 is 6.93. The minimum absolute atomic E-state index is 0.148. The van der Waals surface area contributed by atoms with Gasteiger partial charge in [-0.15, -0.1) is 0 Å². The summed E-state index contributed by atoms with van der Waals surface area (Å²) in [6, 6.07) is 2.11. The van der Waals surface area contributed by atoms with Gasteiger partial charge in [0, 0.05) is 5.69 Å². The Morgan fingerprint density at radius 1 is 1.41 bits per heavy atom. The SMILES string of the molecule is CCOC(=O)C(C)Cn1nc(CC)cc1CC. The third-order valence-electron chi connectivity index (χ3n) is 2.77. The molecule has 17 heavy (non-hydrogen) atoms. The summed E-state index contributed by atoms with van der Waals surface area (Å²) in [4.78, 5) is 11.6. The molecule has 0 amide bonds. The molecule has 0 aliphatic carbocycles. The van der Waals surface area contributed by atoms with Gasteiger partial charge in [-0.3, -0.25) is 9.48 Å². The third-order valence-corrected chi connectivity index (χ3v) is 2.77. The van der Waals surface area contributed by atoms with Gasteiger partial charge < -0.3 is 4.74 Å². The number of aromatic nitrogens is 2. The molecule has 0 saturated heterocycles. The van der Waals surface area contributed by atoms with Gasteiger partial charge in [0.15, 0.2) is 0 Å². The topological polar surface area (TPSA) is 44.1 Å². The van der Waals surface area contributed by atoms with Gasteiger partial charge in [0.1, 0.15) is 0 Å². The first-order valence-electron chi connectivity index (χ1n) is 6.34. The minimum atomic E-state index is -0.150. The molecule has 4 heteroatoms. The van der Waals surface area contributed by atoms with Gasteiger partial charge in [0.05, 0.1) is 24.8 Å². The number of hydrogen-bond donors (Lipinski definition) is 0. The Kier molecular flexibility index (Phi) is 5.19. The molecule has 1 aromatic rings. The van der Waals surface area contributed by atoms with E-state index in [1.807, 2.05) is 18.5 Å². The summed E-state index contributed by atoms with van der Waals surface area (Å²) >= 11 is 0. The van der Waals surface area contributed by atoms with Crippen molar-refractivity contribution < 1.29 is 9.53 Å². The smallest absolute Gasteiger partial charge is 0.310 e. The Bertz CT molecular complexity index is 371. The van der Waals surface area contributed by atoms with Gasteiger partial charge in [-0.1, -0.05) is 20.8 Å². The lowest BCUT2D eigenvalue weighted by Gasteiger charge is -2.12. The maximum absolute atomic E-state index is 11.6. The number of esters is 1. The number of ether oxygens (including phenoxy) is 1. The average molecular weight is 238 g/mol.